The Balaban J connectivity index is 1.83. The van der Waals surface area contributed by atoms with E-state index < -0.39 is 0 Å². The largest absolute Gasteiger partial charge is 0.342 e. The summed E-state index contributed by atoms with van der Waals surface area (Å²) in [6.07, 6.45) is 3.26. The van der Waals surface area contributed by atoms with E-state index in [-0.39, 0.29) is 5.92 Å². The van der Waals surface area contributed by atoms with E-state index in [1.165, 1.54) is 4.88 Å². The molecule has 1 N–H and O–H groups in total. The molecule has 0 aliphatic carbocycles. The molecule has 4 heteroatoms. The summed E-state index contributed by atoms with van der Waals surface area (Å²) in [4.78, 5) is 15.4. The molecule has 1 fully saturated rings. The Morgan fingerprint density at radius 3 is 2.65 bits per heavy atom. The quantitative estimate of drug-likeness (QED) is 0.902. The maximum atomic E-state index is 12.0. The smallest absolute Gasteiger partial charge is 0.225 e. The van der Waals surface area contributed by atoms with Crippen LogP contribution in [0.5, 0.6) is 0 Å². The lowest BCUT2D eigenvalue weighted by Crippen LogP contribution is -2.46. The van der Waals surface area contributed by atoms with Crippen LogP contribution in [0, 0.1) is 5.92 Å². The van der Waals surface area contributed by atoms with Gasteiger partial charge in [-0.05, 0) is 30.7 Å². The van der Waals surface area contributed by atoms with Crippen molar-refractivity contribution in [1.82, 2.24) is 10.2 Å². The molecule has 2 heterocycles. The van der Waals surface area contributed by atoms with Crippen LogP contribution >= 0.6 is 11.3 Å². The number of hydrogen-bond donors (Lipinski definition) is 1. The van der Waals surface area contributed by atoms with Gasteiger partial charge in [-0.1, -0.05) is 26.8 Å². The Kier molecular flexibility index (Phi) is 5.61. The van der Waals surface area contributed by atoms with E-state index >= 15 is 0 Å². The van der Waals surface area contributed by atoms with Crippen molar-refractivity contribution in [2.24, 2.45) is 5.92 Å². The number of thiophene rings is 1. The molecule has 2 rings (SSSR count). The van der Waals surface area contributed by atoms with E-state index in [9.17, 15) is 4.79 Å². The number of carbonyl (C=O) groups is 1. The van der Waals surface area contributed by atoms with Gasteiger partial charge in [-0.2, -0.15) is 0 Å². The van der Waals surface area contributed by atoms with Gasteiger partial charge in [-0.15, -0.1) is 11.3 Å². The van der Waals surface area contributed by atoms with Crippen LogP contribution in [0.1, 0.15) is 51.0 Å². The molecule has 0 radical (unpaired) electrons. The Labute approximate surface area is 126 Å². The van der Waals surface area contributed by atoms with E-state index in [2.05, 4.69) is 29.8 Å². The van der Waals surface area contributed by atoms with Crippen molar-refractivity contribution in [2.45, 2.75) is 52.1 Å². The normalized spacial score (nSPS) is 18.5. The maximum Gasteiger partial charge on any atom is 0.225 e. The summed E-state index contributed by atoms with van der Waals surface area (Å²) in [6.45, 7) is 7.99. The van der Waals surface area contributed by atoms with Crippen molar-refractivity contribution in [3.05, 3.63) is 22.4 Å². The van der Waals surface area contributed by atoms with E-state index in [1.807, 2.05) is 30.1 Å². The second kappa shape index (κ2) is 7.23. The molecule has 0 bridgehead atoms. The van der Waals surface area contributed by atoms with E-state index in [4.69, 9.17) is 0 Å². The molecule has 1 unspecified atom stereocenters. The minimum Gasteiger partial charge on any atom is -0.342 e. The third-order valence-electron chi connectivity index (χ3n) is 4.03. The van der Waals surface area contributed by atoms with Crippen LogP contribution in [0.4, 0.5) is 0 Å². The zero-order valence-electron chi connectivity index (χ0n) is 12.8. The van der Waals surface area contributed by atoms with Gasteiger partial charge in [0.2, 0.25) is 5.91 Å². The molecule has 0 aromatic carbocycles. The SMILES string of the molecule is CCC(NC1CCN(C(=O)C(C)C)CC1)c1cccs1. The minimum atomic E-state index is 0.119. The van der Waals surface area contributed by atoms with Crippen LogP contribution in [-0.4, -0.2) is 29.9 Å². The number of likely N-dealkylation sites (tertiary alicyclic amines) is 1. The molecule has 1 amide bonds. The van der Waals surface area contributed by atoms with Gasteiger partial charge in [-0.25, -0.2) is 0 Å². The monoisotopic (exact) mass is 294 g/mol. The first-order chi connectivity index (χ1) is 9.61. The number of carbonyl (C=O) groups excluding carboxylic acids is 1. The van der Waals surface area contributed by atoms with E-state index in [1.54, 1.807) is 0 Å². The summed E-state index contributed by atoms with van der Waals surface area (Å²) < 4.78 is 0. The Morgan fingerprint density at radius 2 is 2.15 bits per heavy atom. The first-order valence-electron chi connectivity index (χ1n) is 7.70. The van der Waals surface area contributed by atoms with Crippen molar-refractivity contribution in [3.63, 3.8) is 0 Å². The number of hydrogen-bond acceptors (Lipinski definition) is 3. The van der Waals surface area contributed by atoms with Crippen molar-refractivity contribution in [1.29, 1.82) is 0 Å². The summed E-state index contributed by atoms with van der Waals surface area (Å²) >= 11 is 1.83. The van der Waals surface area contributed by atoms with Gasteiger partial charge in [0.25, 0.3) is 0 Å². The van der Waals surface area contributed by atoms with Crippen molar-refractivity contribution in [3.8, 4) is 0 Å². The predicted molar refractivity (Wildman–Crippen MR) is 84.9 cm³/mol. The van der Waals surface area contributed by atoms with Gasteiger partial charge < -0.3 is 10.2 Å². The summed E-state index contributed by atoms with van der Waals surface area (Å²) in [5, 5.41) is 5.91. The lowest BCUT2D eigenvalue weighted by Gasteiger charge is -2.35. The van der Waals surface area contributed by atoms with Crippen LogP contribution in [0.15, 0.2) is 17.5 Å². The number of nitrogens with one attached hydrogen (secondary N) is 1. The van der Waals surface area contributed by atoms with Gasteiger partial charge in [-0.3, -0.25) is 4.79 Å². The highest BCUT2D eigenvalue weighted by atomic mass is 32.1. The van der Waals surface area contributed by atoms with Gasteiger partial charge in [0.15, 0.2) is 0 Å². The molecule has 1 saturated heterocycles. The third kappa shape index (κ3) is 3.83. The van der Waals surface area contributed by atoms with E-state index in [0.717, 1.165) is 32.4 Å². The fourth-order valence-electron chi connectivity index (χ4n) is 2.81. The summed E-state index contributed by atoms with van der Waals surface area (Å²) in [7, 11) is 0. The molecular formula is C16H26N2OS. The summed E-state index contributed by atoms with van der Waals surface area (Å²) in [6, 6.07) is 5.34. The molecular weight excluding hydrogens is 268 g/mol. The highest BCUT2D eigenvalue weighted by Gasteiger charge is 2.25. The lowest BCUT2D eigenvalue weighted by molar-refractivity contribution is -0.135. The van der Waals surface area contributed by atoms with Crippen LogP contribution in [0.2, 0.25) is 0 Å². The minimum absolute atomic E-state index is 0.119. The summed E-state index contributed by atoms with van der Waals surface area (Å²) in [5.74, 6) is 0.419. The molecule has 1 aromatic rings. The van der Waals surface area contributed by atoms with Crippen LogP contribution in [-0.2, 0) is 4.79 Å². The third-order valence-corrected chi connectivity index (χ3v) is 5.02. The number of nitrogens with zero attached hydrogens (tertiary/aromatic N) is 1. The van der Waals surface area contributed by atoms with Crippen LogP contribution in [0.3, 0.4) is 0 Å². The van der Waals surface area contributed by atoms with Gasteiger partial charge in [0, 0.05) is 36.0 Å². The van der Waals surface area contributed by atoms with Gasteiger partial charge in [0.05, 0.1) is 0 Å². The van der Waals surface area contributed by atoms with Crippen molar-refractivity contribution < 1.29 is 4.79 Å². The second-order valence-corrected chi connectivity index (χ2v) is 6.88. The fraction of sp³-hybridized carbons (Fsp3) is 0.688. The zero-order chi connectivity index (χ0) is 14.5. The topological polar surface area (TPSA) is 32.3 Å². The fourth-order valence-corrected chi connectivity index (χ4v) is 3.68. The molecule has 3 nitrogen and oxygen atoms in total. The summed E-state index contributed by atoms with van der Waals surface area (Å²) in [5.41, 5.74) is 0. The molecule has 0 saturated carbocycles. The number of amides is 1. The highest BCUT2D eigenvalue weighted by molar-refractivity contribution is 7.10. The first-order valence-corrected chi connectivity index (χ1v) is 8.58. The standard InChI is InChI=1S/C16H26N2OS/c1-4-14(15-6-5-11-20-15)17-13-7-9-18(10-8-13)16(19)12(2)3/h5-6,11-14,17H,4,7-10H2,1-3H3. The Morgan fingerprint density at radius 1 is 1.45 bits per heavy atom. The number of piperidine rings is 1. The molecule has 1 aliphatic heterocycles. The predicted octanol–water partition coefficient (Wildman–Crippen LogP) is 3.44. The zero-order valence-corrected chi connectivity index (χ0v) is 13.6. The van der Waals surface area contributed by atoms with Gasteiger partial charge in [0.1, 0.15) is 0 Å². The second-order valence-electron chi connectivity index (χ2n) is 5.90. The average Bonchev–Trinajstić information content (AvgIpc) is 2.98. The maximum absolute atomic E-state index is 12.0. The number of rotatable bonds is 5. The molecule has 1 aromatic heterocycles. The molecule has 112 valence electrons. The molecule has 0 spiro atoms. The highest BCUT2D eigenvalue weighted by Crippen LogP contribution is 2.24. The van der Waals surface area contributed by atoms with E-state index in [0.29, 0.717) is 18.0 Å². The van der Waals surface area contributed by atoms with Crippen molar-refractivity contribution >= 4 is 17.2 Å². The Bertz CT molecular complexity index is 408. The van der Waals surface area contributed by atoms with Gasteiger partial charge >= 0.3 is 0 Å². The molecule has 1 atom stereocenters. The Hall–Kier alpha value is -0.870. The lowest BCUT2D eigenvalue weighted by atomic mass is 10.0. The van der Waals surface area contributed by atoms with Crippen LogP contribution < -0.4 is 5.32 Å². The molecule has 1 aliphatic rings. The molecule has 20 heavy (non-hydrogen) atoms. The van der Waals surface area contributed by atoms with Crippen molar-refractivity contribution in [2.75, 3.05) is 13.1 Å². The van der Waals surface area contributed by atoms with Crippen LogP contribution in [0.25, 0.3) is 0 Å². The average molecular weight is 294 g/mol. The first kappa shape index (κ1) is 15.5.